The van der Waals surface area contributed by atoms with Gasteiger partial charge in [-0.25, -0.2) is 0 Å². The highest BCUT2D eigenvalue weighted by molar-refractivity contribution is 5.82. The predicted molar refractivity (Wildman–Crippen MR) is 121 cm³/mol. The molecule has 30 heavy (non-hydrogen) atoms. The summed E-state index contributed by atoms with van der Waals surface area (Å²) >= 11 is 0. The molecule has 2 atom stereocenters. The van der Waals surface area contributed by atoms with E-state index in [-0.39, 0.29) is 30.3 Å². The van der Waals surface area contributed by atoms with Gasteiger partial charge >= 0.3 is 0 Å². The molecule has 0 unspecified atom stereocenters. The lowest BCUT2D eigenvalue weighted by Gasteiger charge is -2.36. The molecule has 3 rings (SSSR count). The molecular formula is C26H32N2O2. The van der Waals surface area contributed by atoms with E-state index in [0.717, 1.165) is 42.5 Å². The first-order valence-corrected chi connectivity index (χ1v) is 11.0. The van der Waals surface area contributed by atoms with E-state index in [0.29, 0.717) is 0 Å². The third-order valence-electron chi connectivity index (χ3n) is 5.86. The Morgan fingerprint density at radius 1 is 1.03 bits per heavy atom. The van der Waals surface area contributed by atoms with Crippen molar-refractivity contribution in [1.29, 1.82) is 0 Å². The highest BCUT2D eigenvalue weighted by atomic mass is 16.2. The molecule has 2 aromatic carbocycles. The molecule has 0 aliphatic carbocycles. The molecule has 2 amide bonds. The minimum atomic E-state index is -0.270. The van der Waals surface area contributed by atoms with Crippen LogP contribution in [0.25, 0.3) is 6.08 Å². The molecule has 0 fully saturated rings. The summed E-state index contributed by atoms with van der Waals surface area (Å²) in [5.41, 5.74) is 3.27. The number of rotatable bonds is 8. The molecule has 1 aliphatic heterocycles. The summed E-state index contributed by atoms with van der Waals surface area (Å²) in [4.78, 5) is 29.7. The van der Waals surface area contributed by atoms with Crippen LogP contribution in [0.2, 0.25) is 0 Å². The van der Waals surface area contributed by atoms with Gasteiger partial charge in [-0.3, -0.25) is 9.59 Å². The van der Waals surface area contributed by atoms with E-state index in [2.05, 4.69) is 26.0 Å². The number of fused-ring (bicyclic) bond motifs is 1. The molecule has 158 valence electrons. The smallest absolute Gasteiger partial charge is 0.225 e. The summed E-state index contributed by atoms with van der Waals surface area (Å²) < 4.78 is 0. The Morgan fingerprint density at radius 3 is 2.40 bits per heavy atom. The fourth-order valence-corrected chi connectivity index (χ4v) is 4.29. The Kier molecular flexibility index (Phi) is 7.45. The van der Waals surface area contributed by atoms with Gasteiger partial charge in [0.2, 0.25) is 11.8 Å². The van der Waals surface area contributed by atoms with E-state index < -0.39 is 0 Å². The van der Waals surface area contributed by atoms with Crippen LogP contribution in [-0.4, -0.2) is 28.2 Å². The Bertz CT molecular complexity index is 891. The zero-order valence-corrected chi connectivity index (χ0v) is 18.3. The second-order valence-corrected chi connectivity index (χ2v) is 7.87. The van der Waals surface area contributed by atoms with Crippen molar-refractivity contribution in [2.24, 2.45) is 0 Å². The Morgan fingerprint density at radius 2 is 1.73 bits per heavy atom. The van der Waals surface area contributed by atoms with E-state index in [1.165, 1.54) is 0 Å². The highest BCUT2D eigenvalue weighted by Gasteiger charge is 2.31. The summed E-state index contributed by atoms with van der Waals surface area (Å²) in [5, 5.41) is 0. The quantitative estimate of drug-likeness (QED) is 0.564. The van der Waals surface area contributed by atoms with Crippen LogP contribution in [0.15, 0.2) is 60.8 Å². The summed E-state index contributed by atoms with van der Waals surface area (Å²) in [7, 11) is 0. The third-order valence-corrected chi connectivity index (χ3v) is 5.86. The van der Waals surface area contributed by atoms with Gasteiger partial charge in [0.1, 0.15) is 0 Å². The molecule has 2 aromatic rings. The number of unbranched alkanes of at least 4 members (excludes halogenated alkanes) is 1. The lowest BCUT2D eigenvalue weighted by atomic mass is 9.92. The zero-order valence-electron chi connectivity index (χ0n) is 18.3. The van der Waals surface area contributed by atoms with E-state index in [9.17, 15) is 9.59 Å². The molecule has 4 nitrogen and oxygen atoms in total. The zero-order chi connectivity index (χ0) is 21.5. The van der Waals surface area contributed by atoms with Gasteiger partial charge in [0.05, 0.1) is 18.5 Å². The molecule has 4 heteroatoms. The molecule has 0 saturated heterocycles. The van der Waals surface area contributed by atoms with Crippen LogP contribution in [0.5, 0.6) is 0 Å². The third kappa shape index (κ3) is 4.81. The van der Waals surface area contributed by atoms with Crippen LogP contribution in [0.4, 0.5) is 0 Å². The highest BCUT2D eigenvalue weighted by Crippen LogP contribution is 2.35. The van der Waals surface area contributed by atoms with Crippen molar-refractivity contribution in [2.45, 2.75) is 58.5 Å². The van der Waals surface area contributed by atoms with Crippen LogP contribution in [-0.2, 0) is 9.59 Å². The second kappa shape index (κ2) is 10.2. The normalized spacial score (nSPS) is 16.1. The standard InChI is InChI=1S/C26H32N2O2/c1-4-6-17-28(24(5-2)22-13-8-7-9-14-22)26(30)19-25-23-15-11-10-12-21(23)16-18-27(25)20(3)29/h7-16,18,24-25H,4-6,17,19H2,1-3H3/t24-,25+/m0/s1. The maximum Gasteiger partial charge on any atom is 0.225 e. The minimum Gasteiger partial charge on any atom is -0.336 e. The van der Waals surface area contributed by atoms with Crippen molar-refractivity contribution in [3.05, 3.63) is 77.5 Å². The van der Waals surface area contributed by atoms with Gasteiger partial charge in [0.15, 0.2) is 0 Å². The number of hydrogen-bond donors (Lipinski definition) is 0. The minimum absolute atomic E-state index is 0.0467. The molecule has 1 heterocycles. The van der Waals surface area contributed by atoms with Crippen LogP contribution >= 0.6 is 0 Å². The molecule has 0 spiro atoms. The molecule has 1 aliphatic rings. The van der Waals surface area contributed by atoms with Gasteiger partial charge in [-0.2, -0.15) is 0 Å². The molecule has 0 aromatic heterocycles. The average Bonchev–Trinajstić information content (AvgIpc) is 2.77. The largest absolute Gasteiger partial charge is 0.336 e. The summed E-state index contributed by atoms with van der Waals surface area (Å²) in [5.74, 6) is 0.0502. The van der Waals surface area contributed by atoms with Gasteiger partial charge in [0, 0.05) is 19.7 Å². The number of carbonyl (C=O) groups excluding carboxylic acids is 2. The molecule has 0 bridgehead atoms. The van der Waals surface area contributed by atoms with Crippen LogP contribution in [0.3, 0.4) is 0 Å². The van der Waals surface area contributed by atoms with Gasteiger partial charge < -0.3 is 9.80 Å². The summed E-state index contributed by atoms with van der Waals surface area (Å²) in [6.07, 6.45) is 6.90. The number of carbonyl (C=O) groups is 2. The van der Waals surface area contributed by atoms with Crippen molar-refractivity contribution in [3.8, 4) is 0 Å². The van der Waals surface area contributed by atoms with Crippen molar-refractivity contribution in [1.82, 2.24) is 9.80 Å². The van der Waals surface area contributed by atoms with E-state index in [1.54, 1.807) is 11.8 Å². The number of benzene rings is 2. The van der Waals surface area contributed by atoms with E-state index >= 15 is 0 Å². The topological polar surface area (TPSA) is 40.6 Å². The number of nitrogens with zero attached hydrogens (tertiary/aromatic N) is 2. The first kappa shape index (κ1) is 21.8. The summed E-state index contributed by atoms with van der Waals surface area (Å²) in [6.45, 7) is 6.56. The van der Waals surface area contributed by atoms with Crippen molar-refractivity contribution >= 4 is 17.9 Å². The lowest BCUT2D eigenvalue weighted by Crippen LogP contribution is -2.39. The number of amides is 2. The average molecular weight is 405 g/mol. The summed E-state index contributed by atoms with van der Waals surface area (Å²) in [6, 6.07) is 18.1. The van der Waals surface area contributed by atoms with Crippen molar-refractivity contribution in [2.75, 3.05) is 6.54 Å². The first-order valence-electron chi connectivity index (χ1n) is 11.0. The van der Waals surface area contributed by atoms with Gasteiger partial charge in [-0.1, -0.05) is 74.9 Å². The Hall–Kier alpha value is -2.88. The Balaban J connectivity index is 1.90. The predicted octanol–water partition coefficient (Wildman–Crippen LogP) is 5.73. The molecule has 0 N–H and O–H groups in total. The Labute approximate surface area is 180 Å². The van der Waals surface area contributed by atoms with Gasteiger partial charge in [-0.15, -0.1) is 0 Å². The van der Waals surface area contributed by atoms with Gasteiger partial charge in [-0.05, 0) is 35.6 Å². The van der Waals surface area contributed by atoms with Crippen molar-refractivity contribution in [3.63, 3.8) is 0 Å². The molecule has 0 radical (unpaired) electrons. The molecule has 0 saturated carbocycles. The van der Waals surface area contributed by atoms with Crippen LogP contribution in [0.1, 0.15) is 75.2 Å². The molecular weight excluding hydrogens is 372 g/mol. The van der Waals surface area contributed by atoms with Crippen LogP contribution < -0.4 is 0 Å². The maximum atomic E-state index is 13.6. The van der Waals surface area contributed by atoms with Crippen molar-refractivity contribution < 1.29 is 9.59 Å². The number of hydrogen-bond acceptors (Lipinski definition) is 2. The second-order valence-electron chi connectivity index (χ2n) is 7.87. The monoisotopic (exact) mass is 404 g/mol. The maximum absolute atomic E-state index is 13.6. The van der Waals surface area contributed by atoms with E-state index in [4.69, 9.17) is 0 Å². The lowest BCUT2D eigenvalue weighted by molar-refractivity contribution is -0.136. The fourth-order valence-electron chi connectivity index (χ4n) is 4.29. The van der Waals surface area contributed by atoms with E-state index in [1.807, 2.05) is 59.6 Å². The first-order chi connectivity index (χ1) is 14.6. The van der Waals surface area contributed by atoms with Crippen LogP contribution in [0, 0.1) is 0 Å². The van der Waals surface area contributed by atoms with Gasteiger partial charge in [0.25, 0.3) is 0 Å². The SMILES string of the molecule is CCCCN(C(=O)C[C@@H]1c2ccccc2C=CN1C(C)=O)[C@@H](CC)c1ccccc1. The fraction of sp³-hybridized carbons (Fsp3) is 0.385.